The monoisotopic (exact) mass is 341 g/mol. The zero-order chi connectivity index (χ0) is 16.9. The van der Waals surface area contributed by atoms with Crippen molar-refractivity contribution in [2.45, 2.75) is 23.9 Å². The molecule has 0 bridgehead atoms. The second kappa shape index (κ2) is 7.31. The summed E-state index contributed by atoms with van der Waals surface area (Å²) in [4.78, 5) is 10.9. The molecule has 1 rings (SSSR count). The highest BCUT2D eigenvalue weighted by Crippen LogP contribution is 2.44. The molecule has 0 saturated carbocycles. The van der Waals surface area contributed by atoms with Crippen LogP contribution in [0.2, 0.25) is 0 Å². The topological polar surface area (TPSA) is 59.3 Å². The van der Waals surface area contributed by atoms with Crippen molar-refractivity contribution in [2.75, 3.05) is 6.61 Å². The summed E-state index contributed by atoms with van der Waals surface area (Å²) < 4.78 is 70.9. The number of rotatable bonds is 5. The highest BCUT2D eigenvalue weighted by molar-refractivity contribution is 8.00. The van der Waals surface area contributed by atoms with Crippen LogP contribution in [-0.4, -0.2) is 24.7 Å². The van der Waals surface area contributed by atoms with Gasteiger partial charge in [-0.05, 0) is 30.8 Å². The van der Waals surface area contributed by atoms with Crippen molar-refractivity contribution in [3.05, 3.63) is 23.3 Å². The summed E-state index contributed by atoms with van der Waals surface area (Å²) >= 11 is -0.769. The molecule has 0 N–H and O–H groups in total. The van der Waals surface area contributed by atoms with Crippen LogP contribution >= 0.6 is 11.8 Å². The van der Waals surface area contributed by atoms with Crippen LogP contribution in [0.25, 0.3) is 0 Å². The quantitative estimate of drug-likeness (QED) is 0.461. The van der Waals surface area contributed by atoms with Crippen molar-refractivity contribution in [1.82, 2.24) is 0 Å². The highest BCUT2D eigenvalue weighted by Gasteiger charge is 2.33. The maximum absolute atomic E-state index is 12.5. The van der Waals surface area contributed by atoms with E-state index in [1.165, 1.54) is 13.0 Å². The Morgan fingerprint density at radius 1 is 1.41 bits per heavy atom. The van der Waals surface area contributed by atoms with Crippen LogP contribution in [-0.2, 0) is 4.74 Å². The molecule has 0 aliphatic rings. The molecule has 0 aliphatic heterocycles. The molecule has 120 valence electrons. The Labute approximate surface area is 125 Å². The van der Waals surface area contributed by atoms with Crippen molar-refractivity contribution in [3.8, 4) is 11.8 Å². The van der Waals surface area contributed by atoms with Crippen LogP contribution in [0.4, 0.5) is 22.0 Å². The molecule has 0 heterocycles. The number of alkyl halides is 5. The first-order valence-electron chi connectivity index (χ1n) is 5.63. The first-order valence-corrected chi connectivity index (χ1v) is 6.45. The Kier molecular flexibility index (Phi) is 5.99. The van der Waals surface area contributed by atoms with Gasteiger partial charge in [-0.2, -0.15) is 27.2 Å². The van der Waals surface area contributed by atoms with Crippen molar-refractivity contribution >= 4 is 17.7 Å². The van der Waals surface area contributed by atoms with E-state index in [9.17, 15) is 26.7 Å². The first kappa shape index (κ1) is 18.0. The Balaban J connectivity index is 3.48. The minimum absolute atomic E-state index is 0.133. The van der Waals surface area contributed by atoms with E-state index in [1.807, 2.05) is 0 Å². The van der Waals surface area contributed by atoms with Crippen LogP contribution in [0, 0.1) is 11.3 Å². The van der Waals surface area contributed by atoms with Gasteiger partial charge in [-0.1, -0.05) is 0 Å². The van der Waals surface area contributed by atoms with Gasteiger partial charge in [0, 0.05) is 0 Å². The van der Waals surface area contributed by atoms with E-state index in [1.54, 1.807) is 0 Å². The summed E-state index contributed by atoms with van der Waals surface area (Å²) in [6, 6.07) is 3.08. The van der Waals surface area contributed by atoms with Gasteiger partial charge in [-0.25, -0.2) is 4.79 Å². The summed E-state index contributed by atoms with van der Waals surface area (Å²) in [5, 5.41) is 8.79. The second-order valence-corrected chi connectivity index (χ2v) is 4.72. The number of carbonyl (C=O) groups excluding carboxylic acids is 1. The van der Waals surface area contributed by atoms with Gasteiger partial charge in [0.15, 0.2) is 5.75 Å². The molecule has 0 fully saturated rings. The van der Waals surface area contributed by atoms with Crippen LogP contribution in [0.15, 0.2) is 17.0 Å². The molecule has 10 heteroatoms. The molecule has 0 unspecified atom stereocenters. The van der Waals surface area contributed by atoms with E-state index < -0.39 is 46.1 Å². The number of nitriles is 1. The standard InChI is InChI=1S/C12H8F5NO3S/c1-2-20-10(19)7-3-6(5-18)4-8(22-12(15,16)17)9(7)21-11(13)14/h3-4,11H,2H2,1H3. The fraction of sp³-hybridized carbons (Fsp3) is 0.333. The highest BCUT2D eigenvalue weighted by atomic mass is 32.2. The van der Waals surface area contributed by atoms with Crippen molar-refractivity contribution < 1.29 is 36.2 Å². The molecule has 0 spiro atoms. The SMILES string of the molecule is CCOC(=O)c1cc(C#N)cc(SC(F)(F)F)c1OC(F)F. The molecule has 0 amide bonds. The third-order valence-corrected chi connectivity index (χ3v) is 2.87. The summed E-state index contributed by atoms with van der Waals surface area (Å²) in [6.45, 7) is -2.16. The minimum atomic E-state index is -4.82. The normalized spacial score (nSPS) is 11.2. The molecular formula is C12H8F5NO3S. The lowest BCUT2D eigenvalue weighted by Crippen LogP contribution is -2.13. The number of carbonyl (C=O) groups is 1. The average molecular weight is 341 g/mol. The first-order chi connectivity index (χ1) is 10.2. The Morgan fingerprint density at radius 2 is 2.05 bits per heavy atom. The van der Waals surface area contributed by atoms with E-state index in [0.29, 0.717) is 6.07 Å². The van der Waals surface area contributed by atoms with Gasteiger partial charge in [0.2, 0.25) is 0 Å². The molecule has 1 aromatic carbocycles. The Bertz CT molecular complexity index is 598. The lowest BCUT2D eigenvalue weighted by Gasteiger charge is -2.15. The fourth-order valence-electron chi connectivity index (χ4n) is 1.44. The number of benzene rings is 1. The van der Waals surface area contributed by atoms with E-state index in [-0.39, 0.29) is 12.2 Å². The van der Waals surface area contributed by atoms with E-state index >= 15 is 0 Å². The minimum Gasteiger partial charge on any atom is -0.462 e. The summed E-state index contributed by atoms with van der Waals surface area (Å²) in [6.07, 6.45) is 0. The van der Waals surface area contributed by atoms with Gasteiger partial charge in [-0.3, -0.25) is 0 Å². The number of nitrogens with zero attached hydrogens (tertiary/aromatic N) is 1. The molecular weight excluding hydrogens is 333 g/mol. The molecule has 0 saturated heterocycles. The maximum atomic E-state index is 12.5. The maximum Gasteiger partial charge on any atom is 0.446 e. The molecule has 0 radical (unpaired) electrons. The molecule has 0 aromatic heterocycles. The van der Waals surface area contributed by atoms with E-state index in [4.69, 9.17) is 5.26 Å². The van der Waals surface area contributed by atoms with E-state index in [0.717, 1.165) is 6.07 Å². The van der Waals surface area contributed by atoms with Crippen molar-refractivity contribution in [3.63, 3.8) is 0 Å². The largest absolute Gasteiger partial charge is 0.462 e. The molecule has 1 aromatic rings. The van der Waals surface area contributed by atoms with Gasteiger partial charge < -0.3 is 9.47 Å². The number of esters is 1. The third kappa shape index (κ3) is 5.07. The number of hydrogen-bond donors (Lipinski definition) is 0. The van der Waals surface area contributed by atoms with Gasteiger partial charge >= 0.3 is 18.1 Å². The molecule has 4 nitrogen and oxygen atoms in total. The van der Waals surface area contributed by atoms with Crippen LogP contribution in [0.5, 0.6) is 5.75 Å². The number of thioether (sulfide) groups is 1. The third-order valence-electron chi connectivity index (χ3n) is 2.11. The Hall–Kier alpha value is -2.02. The Morgan fingerprint density at radius 3 is 2.50 bits per heavy atom. The van der Waals surface area contributed by atoms with Crippen LogP contribution in [0.3, 0.4) is 0 Å². The summed E-state index contributed by atoms with van der Waals surface area (Å²) in [5.41, 5.74) is -5.82. The van der Waals surface area contributed by atoms with Gasteiger partial charge in [0.1, 0.15) is 5.56 Å². The lowest BCUT2D eigenvalue weighted by atomic mass is 10.1. The van der Waals surface area contributed by atoms with Crippen LogP contribution < -0.4 is 4.74 Å². The smallest absolute Gasteiger partial charge is 0.446 e. The average Bonchev–Trinajstić information content (AvgIpc) is 2.38. The van der Waals surface area contributed by atoms with Crippen molar-refractivity contribution in [1.29, 1.82) is 5.26 Å². The predicted molar refractivity (Wildman–Crippen MR) is 65.7 cm³/mol. The number of hydrogen-bond acceptors (Lipinski definition) is 5. The summed E-state index contributed by atoms with van der Waals surface area (Å²) in [5.74, 6) is -2.14. The number of ether oxygens (including phenoxy) is 2. The zero-order valence-corrected chi connectivity index (χ0v) is 11.7. The lowest BCUT2D eigenvalue weighted by molar-refractivity contribution is -0.0534. The zero-order valence-electron chi connectivity index (χ0n) is 10.9. The van der Waals surface area contributed by atoms with Gasteiger partial charge in [0.25, 0.3) is 0 Å². The fourth-order valence-corrected chi connectivity index (χ4v) is 2.12. The predicted octanol–water partition coefficient (Wildman–Crippen LogP) is 3.95. The van der Waals surface area contributed by atoms with E-state index in [2.05, 4.69) is 9.47 Å². The second-order valence-electron chi connectivity index (χ2n) is 3.61. The van der Waals surface area contributed by atoms with Crippen LogP contribution in [0.1, 0.15) is 22.8 Å². The molecule has 0 atom stereocenters. The molecule has 0 aliphatic carbocycles. The van der Waals surface area contributed by atoms with Crippen molar-refractivity contribution in [2.24, 2.45) is 0 Å². The summed E-state index contributed by atoms with van der Waals surface area (Å²) in [7, 11) is 0. The molecule has 22 heavy (non-hydrogen) atoms. The number of halogens is 5. The van der Waals surface area contributed by atoms with Gasteiger partial charge in [0.05, 0.1) is 23.1 Å². The van der Waals surface area contributed by atoms with Gasteiger partial charge in [-0.15, -0.1) is 0 Å².